The molecule has 2 aromatic rings. The van der Waals surface area contributed by atoms with E-state index in [2.05, 4.69) is 65.6 Å². The molecule has 0 radical (unpaired) electrons. The fourth-order valence-corrected chi connectivity index (χ4v) is 4.42. The van der Waals surface area contributed by atoms with Crippen LogP contribution in [0.15, 0.2) is 54.1 Å². The number of nitrogens with one attached hydrogen (secondary N) is 1. The van der Waals surface area contributed by atoms with Crippen molar-refractivity contribution in [3.8, 4) is 0 Å². The maximum atomic E-state index is 11.1. The maximum Gasteiger partial charge on any atom is 0.243 e. The van der Waals surface area contributed by atoms with Gasteiger partial charge in [0.2, 0.25) is 5.91 Å². The van der Waals surface area contributed by atoms with Crippen molar-refractivity contribution < 1.29 is 10.0 Å². The zero-order chi connectivity index (χ0) is 20.1. The van der Waals surface area contributed by atoms with Crippen molar-refractivity contribution in [3.63, 3.8) is 0 Å². The van der Waals surface area contributed by atoms with E-state index in [0.29, 0.717) is 6.42 Å². The number of piperidine rings is 1. The number of rotatable bonds is 5. The average Bonchev–Trinajstić information content (AvgIpc) is 2.94. The number of unbranched alkanes of at least 4 members (excludes halogenated alkanes) is 1. The van der Waals surface area contributed by atoms with Gasteiger partial charge >= 0.3 is 0 Å². The molecule has 2 aromatic carbocycles. The highest BCUT2D eigenvalue weighted by molar-refractivity contribution is 5.94. The van der Waals surface area contributed by atoms with E-state index < -0.39 is 0 Å². The molecule has 0 atom stereocenters. The standard InChI is InChI=1S/C25H28N2O2/c28-24(26-29)11-5-6-16-27-17-14-21(15-18-27)25-22-9-3-1-7-19(22)12-13-20-8-2-4-10-23(20)25/h1-4,7-10,12-13,29H,5-6,11,14-18H2,(H,26,28). The summed E-state index contributed by atoms with van der Waals surface area (Å²) in [6, 6.07) is 17.4. The summed E-state index contributed by atoms with van der Waals surface area (Å²) in [7, 11) is 0. The molecule has 4 nitrogen and oxygen atoms in total. The summed E-state index contributed by atoms with van der Waals surface area (Å²) in [4.78, 5) is 13.6. The summed E-state index contributed by atoms with van der Waals surface area (Å²) in [6.07, 6.45) is 8.81. The number of amides is 1. The van der Waals surface area contributed by atoms with Gasteiger partial charge in [0.1, 0.15) is 0 Å². The lowest BCUT2D eigenvalue weighted by atomic mass is 9.86. The number of likely N-dealkylation sites (tertiary alicyclic amines) is 1. The number of carbonyl (C=O) groups is 1. The van der Waals surface area contributed by atoms with Crippen molar-refractivity contribution in [1.82, 2.24) is 10.4 Å². The van der Waals surface area contributed by atoms with E-state index in [0.717, 1.165) is 45.3 Å². The van der Waals surface area contributed by atoms with Crippen LogP contribution in [-0.2, 0) is 4.79 Å². The smallest absolute Gasteiger partial charge is 0.243 e. The van der Waals surface area contributed by atoms with E-state index >= 15 is 0 Å². The first-order valence-corrected chi connectivity index (χ1v) is 10.5. The van der Waals surface area contributed by atoms with Gasteiger partial charge in [0.25, 0.3) is 0 Å². The van der Waals surface area contributed by atoms with Gasteiger partial charge in [0.05, 0.1) is 0 Å². The summed E-state index contributed by atoms with van der Waals surface area (Å²) in [5.74, 6) is -0.296. The third kappa shape index (κ3) is 4.50. The molecule has 0 aromatic heterocycles. The molecule has 1 heterocycles. The van der Waals surface area contributed by atoms with Crippen LogP contribution in [0.25, 0.3) is 17.7 Å². The second kappa shape index (κ2) is 9.21. The summed E-state index contributed by atoms with van der Waals surface area (Å²) < 4.78 is 0. The van der Waals surface area contributed by atoms with Gasteiger partial charge in [-0.15, -0.1) is 0 Å². The van der Waals surface area contributed by atoms with E-state index in [9.17, 15) is 4.79 Å². The molecule has 4 heteroatoms. The number of benzene rings is 2. The molecule has 1 amide bonds. The second-order valence-electron chi connectivity index (χ2n) is 7.82. The topological polar surface area (TPSA) is 52.6 Å². The number of hydrogen-bond acceptors (Lipinski definition) is 3. The van der Waals surface area contributed by atoms with Gasteiger partial charge in [0.15, 0.2) is 0 Å². The SMILES string of the molecule is O=C(CCCCN1CCC(=C2c3ccccc3C=Cc3ccccc32)CC1)NO. The Balaban J connectivity index is 1.51. The fourth-order valence-electron chi connectivity index (χ4n) is 4.42. The van der Waals surface area contributed by atoms with Gasteiger partial charge in [-0.1, -0.05) is 66.3 Å². The van der Waals surface area contributed by atoms with E-state index in [1.54, 1.807) is 11.1 Å². The van der Waals surface area contributed by atoms with Crippen LogP contribution in [0.5, 0.6) is 0 Å². The molecule has 1 saturated heterocycles. The van der Waals surface area contributed by atoms with Crippen LogP contribution in [0, 0.1) is 0 Å². The van der Waals surface area contributed by atoms with Gasteiger partial charge in [0, 0.05) is 19.5 Å². The maximum absolute atomic E-state index is 11.1. The lowest BCUT2D eigenvalue weighted by Gasteiger charge is -2.30. The Morgan fingerprint density at radius 3 is 2.07 bits per heavy atom. The van der Waals surface area contributed by atoms with Crippen LogP contribution in [0.4, 0.5) is 0 Å². The van der Waals surface area contributed by atoms with Crippen LogP contribution in [0.3, 0.4) is 0 Å². The van der Waals surface area contributed by atoms with Gasteiger partial charge in [-0.25, -0.2) is 5.48 Å². The van der Waals surface area contributed by atoms with E-state index in [1.807, 2.05) is 0 Å². The van der Waals surface area contributed by atoms with Crippen molar-refractivity contribution in [3.05, 3.63) is 76.4 Å². The molecule has 0 bridgehead atoms. The van der Waals surface area contributed by atoms with Crippen LogP contribution in [0.1, 0.15) is 54.4 Å². The molecule has 0 spiro atoms. The zero-order valence-corrected chi connectivity index (χ0v) is 16.7. The lowest BCUT2D eigenvalue weighted by Crippen LogP contribution is -2.32. The zero-order valence-electron chi connectivity index (χ0n) is 16.7. The highest BCUT2D eigenvalue weighted by atomic mass is 16.5. The first-order chi connectivity index (χ1) is 14.3. The summed E-state index contributed by atoms with van der Waals surface area (Å²) in [5, 5.41) is 8.58. The Bertz CT molecular complexity index is 884. The third-order valence-electron chi connectivity index (χ3n) is 5.97. The lowest BCUT2D eigenvalue weighted by molar-refractivity contribution is -0.129. The normalized spacial score (nSPS) is 16.2. The first kappa shape index (κ1) is 19.6. The van der Waals surface area contributed by atoms with Gasteiger partial charge in [-0.2, -0.15) is 0 Å². The molecule has 29 heavy (non-hydrogen) atoms. The molecule has 1 aliphatic carbocycles. The summed E-state index contributed by atoms with van der Waals surface area (Å²) in [5.41, 5.74) is 9.92. The molecule has 1 aliphatic heterocycles. The average molecular weight is 389 g/mol. The van der Waals surface area contributed by atoms with E-state index in [-0.39, 0.29) is 5.91 Å². The highest BCUT2D eigenvalue weighted by Gasteiger charge is 2.22. The summed E-state index contributed by atoms with van der Waals surface area (Å²) >= 11 is 0. The van der Waals surface area contributed by atoms with E-state index in [1.165, 1.54) is 27.8 Å². The largest absolute Gasteiger partial charge is 0.303 e. The molecule has 0 saturated carbocycles. The number of hydroxylamine groups is 1. The number of carbonyl (C=O) groups excluding carboxylic acids is 1. The minimum Gasteiger partial charge on any atom is -0.303 e. The Labute approximate surface area is 172 Å². The van der Waals surface area contributed by atoms with Gasteiger partial charge < -0.3 is 4.90 Å². The highest BCUT2D eigenvalue weighted by Crippen LogP contribution is 2.38. The molecule has 4 rings (SSSR count). The van der Waals surface area contributed by atoms with Crippen LogP contribution in [0.2, 0.25) is 0 Å². The number of nitrogens with zero attached hydrogens (tertiary/aromatic N) is 1. The van der Waals surface area contributed by atoms with Crippen LogP contribution >= 0.6 is 0 Å². The molecule has 2 N–H and O–H groups in total. The second-order valence-corrected chi connectivity index (χ2v) is 7.82. The molecule has 150 valence electrons. The predicted molar refractivity (Wildman–Crippen MR) is 117 cm³/mol. The quantitative estimate of drug-likeness (QED) is 0.377. The number of hydrogen-bond donors (Lipinski definition) is 2. The first-order valence-electron chi connectivity index (χ1n) is 10.5. The minimum atomic E-state index is -0.296. The summed E-state index contributed by atoms with van der Waals surface area (Å²) in [6.45, 7) is 3.13. The third-order valence-corrected chi connectivity index (χ3v) is 5.97. The van der Waals surface area contributed by atoms with Gasteiger partial charge in [-0.3, -0.25) is 10.0 Å². The van der Waals surface area contributed by atoms with Crippen molar-refractivity contribution in [2.45, 2.75) is 32.1 Å². The molecule has 0 unspecified atom stereocenters. The predicted octanol–water partition coefficient (Wildman–Crippen LogP) is 4.74. The monoisotopic (exact) mass is 388 g/mol. The van der Waals surface area contributed by atoms with Crippen molar-refractivity contribution in [2.75, 3.05) is 19.6 Å². The molecule has 2 aliphatic rings. The Kier molecular flexibility index (Phi) is 6.23. The van der Waals surface area contributed by atoms with Crippen molar-refractivity contribution >= 4 is 23.6 Å². The van der Waals surface area contributed by atoms with Crippen molar-refractivity contribution in [2.24, 2.45) is 0 Å². The molecular formula is C25H28N2O2. The van der Waals surface area contributed by atoms with Crippen LogP contribution in [-0.4, -0.2) is 35.6 Å². The Morgan fingerprint density at radius 1 is 0.897 bits per heavy atom. The van der Waals surface area contributed by atoms with Crippen molar-refractivity contribution in [1.29, 1.82) is 0 Å². The number of fused-ring (bicyclic) bond motifs is 2. The Morgan fingerprint density at radius 2 is 1.48 bits per heavy atom. The fraction of sp³-hybridized carbons (Fsp3) is 0.320. The Hall–Kier alpha value is -2.69. The molecule has 1 fully saturated rings. The van der Waals surface area contributed by atoms with Crippen LogP contribution < -0.4 is 5.48 Å². The van der Waals surface area contributed by atoms with E-state index in [4.69, 9.17) is 5.21 Å². The molecular weight excluding hydrogens is 360 g/mol. The van der Waals surface area contributed by atoms with Gasteiger partial charge in [-0.05, 0) is 60.1 Å². The minimum absolute atomic E-state index is 0.296.